The van der Waals surface area contributed by atoms with Gasteiger partial charge in [0.15, 0.2) is 0 Å². The van der Waals surface area contributed by atoms with E-state index in [4.69, 9.17) is 32.7 Å². The Kier molecular flexibility index (Phi) is 7.12. The third-order valence-corrected chi connectivity index (χ3v) is 5.04. The van der Waals surface area contributed by atoms with Crippen LogP contribution >= 0.6 is 23.2 Å². The third kappa shape index (κ3) is 5.49. The van der Waals surface area contributed by atoms with Crippen LogP contribution in [0.3, 0.4) is 0 Å². The number of nitrogens with zero attached hydrogens (tertiary/aromatic N) is 2. The Labute approximate surface area is 178 Å². The molecule has 1 heterocycles. The summed E-state index contributed by atoms with van der Waals surface area (Å²) < 4.78 is 25.3. The molecule has 1 aromatic heterocycles. The number of esters is 1. The van der Waals surface area contributed by atoms with Crippen LogP contribution in [0.4, 0.5) is 4.39 Å². The van der Waals surface area contributed by atoms with Gasteiger partial charge in [-0.2, -0.15) is 0 Å². The van der Waals surface area contributed by atoms with Crippen molar-refractivity contribution in [3.05, 3.63) is 82.1 Å². The van der Waals surface area contributed by atoms with E-state index < -0.39 is 5.97 Å². The predicted octanol–water partition coefficient (Wildman–Crippen LogP) is 5.37. The van der Waals surface area contributed by atoms with Crippen LogP contribution in [0, 0.1) is 5.82 Å². The van der Waals surface area contributed by atoms with Crippen molar-refractivity contribution in [1.82, 2.24) is 9.55 Å². The van der Waals surface area contributed by atoms with E-state index in [0.717, 1.165) is 5.56 Å². The molecule has 0 bridgehead atoms. The SMILES string of the molecule is COC(=O)c1cncn1CC(CCOc1ccc(F)cc1)c1ccc(Cl)cc1Cl. The van der Waals surface area contributed by atoms with Crippen LogP contribution < -0.4 is 4.74 Å². The smallest absolute Gasteiger partial charge is 0.356 e. The minimum atomic E-state index is -0.467. The van der Waals surface area contributed by atoms with Crippen LogP contribution in [-0.4, -0.2) is 29.2 Å². The molecule has 0 amide bonds. The lowest BCUT2D eigenvalue weighted by Gasteiger charge is -2.21. The van der Waals surface area contributed by atoms with E-state index >= 15 is 0 Å². The Hall–Kier alpha value is -2.57. The topological polar surface area (TPSA) is 53.3 Å². The van der Waals surface area contributed by atoms with Crippen LogP contribution in [0.1, 0.15) is 28.4 Å². The minimum Gasteiger partial charge on any atom is -0.494 e. The Morgan fingerprint density at radius 1 is 1.21 bits per heavy atom. The van der Waals surface area contributed by atoms with Crippen molar-refractivity contribution in [2.45, 2.75) is 18.9 Å². The molecule has 152 valence electrons. The van der Waals surface area contributed by atoms with E-state index in [2.05, 4.69) is 4.98 Å². The zero-order chi connectivity index (χ0) is 20.8. The van der Waals surface area contributed by atoms with Crippen LogP contribution in [0.25, 0.3) is 0 Å². The molecule has 0 saturated heterocycles. The molecule has 29 heavy (non-hydrogen) atoms. The van der Waals surface area contributed by atoms with Gasteiger partial charge in [-0.15, -0.1) is 0 Å². The number of halogens is 3. The van der Waals surface area contributed by atoms with E-state index in [1.165, 1.54) is 25.4 Å². The molecule has 3 rings (SSSR count). The summed E-state index contributed by atoms with van der Waals surface area (Å²) in [5.41, 5.74) is 1.23. The number of carbonyl (C=O) groups is 1. The molecule has 0 radical (unpaired) electrons. The number of carbonyl (C=O) groups excluding carboxylic acids is 1. The Morgan fingerprint density at radius 3 is 2.66 bits per heavy atom. The number of benzene rings is 2. The van der Waals surface area contributed by atoms with Gasteiger partial charge in [0.05, 0.1) is 26.2 Å². The van der Waals surface area contributed by atoms with Gasteiger partial charge in [-0.1, -0.05) is 29.3 Å². The zero-order valence-corrected chi connectivity index (χ0v) is 17.2. The Balaban J connectivity index is 1.79. The molecule has 0 aliphatic heterocycles. The maximum Gasteiger partial charge on any atom is 0.356 e. The number of ether oxygens (including phenoxy) is 2. The normalized spacial score (nSPS) is 11.9. The highest BCUT2D eigenvalue weighted by Gasteiger charge is 2.20. The summed E-state index contributed by atoms with van der Waals surface area (Å²) in [6, 6.07) is 11.2. The molecule has 0 aliphatic carbocycles. The van der Waals surface area contributed by atoms with Crippen molar-refractivity contribution in [3.63, 3.8) is 0 Å². The maximum absolute atomic E-state index is 13.1. The fraction of sp³-hybridized carbons (Fsp3) is 0.238. The van der Waals surface area contributed by atoms with E-state index in [-0.39, 0.29) is 11.7 Å². The van der Waals surface area contributed by atoms with Crippen molar-refractivity contribution in [2.24, 2.45) is 0 Å². The first-order chi connectivity index (χ1) is 14.0. The molecule has 8 heteroatoms. The first-order valence-electron chi connectivity index (χ1n) is 8.89. The monoisotopic (exact) mass is 436 g/mol. The fourth-order valence-electron chi connectivity index (χ4n) is 3.01. The van der Waals surface area contributed by atoms with Gasteiger partial charge in [-0.05, 0) is 48.4 Å². The summed E-state index contributed by atoms with van der Waals surface area (Å²) in [5.74, 6) is -0.298. The van der Waals surface area contributed by atoms with Gasteiger partial charge >= 0.3 is 5.97 Å². The first kappa shape index (κ1) is 21.1. The first-order valence-corrected chi connectivity index (χ1v) is 9.65. The lowest BCUT2D eigenvalue weighted by atomic mass is 9.95. The van der Waals surface area contributed by atoms with E-state index in [0.29, 0.717) is 41.1 Å². The van der Waals surface area contributed by atoms with E-state index in [1.807, 2.05) is 6.07 Å². The van der Waals surface area contributed by atoms with Gasteiger partial charge in [0.1, 0.15) is 17.3 Å². The highest BCUT2D eigenvalue weighted by molar-refractivity contribution is 6.35. The highest BCUT2D eigenvalue weighted by Crippen LogP contribution is 2.31. The standard InChI is InChI=1S/C21H19Cl2FN2O3/c1-28-21(27)20-11-25-13-26(20)12-14(18-7-2-15(22)10-19(18)23)8-9-29-17-5-3-16(24)4-6-17/h2-7,10-11,13-14H,8-9,12H2,1H3. The van der Waals surface area contributed by atoms with Crippen LogP contribution in [0.2, 0.25) is 10.0 Å². The second-order valence-corrected chi connectivity index (χ2v) is 7.22. The van der Waals surface area contributed by atoms with Gasteiger partial charge in [0.2, 0.25) is 0 Å². The summed E-state index contributed by atoms with van der Waals surface area (Å²) >= 11 is 12.5. The summed E-state index contributed by atoms with van der Waals surface area (Å²) in [6.45, 7) is 0.816. The molecule has 0 fully saturated rings. The van der Waals surface area contributed by atoms with Gasteiger partial charge in [0, 0.05) is 22.5 Å². The largest absolute Gasteiger partial charge is 0.494 e. The number of hydrogen-bond acceptors (Lipinski definition) is 4. The number of aromatic nitrogens is 2. The highest BCUT2D eigenvalue weighted by atomic mass is 35.5. The second-order valence-electron chi connectivity index (χ2n) is 6.38. The number of imidazole rings is 1. The average Bonchev–Trinajstić information content (AvgIpc) is 3.16. The molecular formula is C21H19Cl2FN2O3. The zero-order valence-electron chi connectivity index (χ0n) is 15.6. The lowest BCUT2D eigenvalue weighted by Crippen LogP contribution is -2.17. The molecule has 5 nitrogen and oxygen atoms in total. The molecule has 0 aliphatic rings. The molecule has 2 aromatic carbocycles. The molecule has 3 aromatic rings. The fourth-order valence-corrected chi connectivity index (χ4v) is 3.57. The van der Waals surface area contributed by atoms with Gasteiger partial charge in [-0.3, -0.25) is 0 Å². The molecule has 0 N–H and O–H groups in total. The molecular weight excluding hydrogens is 418 g/mol. The van der Waals surface area contributed by atoms with Gasteiger partial charge < -0.3 is 14.0 Å². The number of methoxy groups -OCH3 is 1. The van der Waals surface area contributed by atoms with Crippen molar-refractivity contribution in [2.75, 3.05) is 13.7 Å². The Morgan fingerprint density at radius 2 is 1.97 bits per heavy atom. The van der Waals surface area contributed by atoms with Crippen LogP contribution in [0.5, 0.6) is 5.75 Å². The molecule has 1 atom stereocenters. The summed E-state index contributed by atoms with van der Waals surface area (Å²) in [5, 5.41) is 1.07. The molecule has 0 spiro atoms. The van der Waals surface area contributed by atoms with E-state index in [9.17, 15) is 9.18 Å². The molecule has 0 saturated carbocycles. The van der Waals surface area contributed by atoms with Crippen molar-refractivity contribution in [1.29, 1.82) is 0 Å². The summed E-state index contributed by atoms with van der Waals surface area (Å²) in [7, 11) is 1.32. The minimum absolute atomic E-state index is 0.0854. The third-order valence-electron chi connectivity index (χ3n) is 4.47. The quantitative estimate of drug-likeness (QED) is 0.445. The summed E-state index contributed by atoms with van der Waals surface area (Å²) in [6.07, 6.45) is 3.63. The number of hydrogen-bond donors (Lipinski definition) is 0. The van der Waals surface area contributed by atoms with E-state index in [1.54, 1.807) is 35.2 Å². The van der Waals surface area contributed by atoms with Crippen molar-refractivity contribution in [3.8, 4) is 5.75 Å². The van der Waals surface area contributed by atoms with Crippen molar-refractivity contribution < 1.29 is 18.7 Å². The summed E-state index contributed by atoms with van der Waals surface area (Å²) in [4.78, 5) is 16.0. The van der Waals surface area contributed by atoms with Crippen molar-refractivity contribution >= 4 is 29.2 Å². The Bertz CT molecular complexity index is 976. The van der Waals surface area contributed by atoms with Gasteiger partial charge in [0.25, 0.3) is 0 Å². The molecule has 1 unspecified atom stereocenters. The lowest BCUT2D eigenvalue weighted by molar-refractivity contribution is 0.0587. The second kappa shape index (κ2) is 9.76. The average molecular weight is 437 g/mol. The number of rotatable bonds is 8. The predicted molar refractivity (Wildman–Crippen MR) is 109 cm³/mol. The van der Waals surface area contributed by atoms with Crippen LogP contribution in [-0.2, 0) is 11.3 Å². The van der Waals surface area contributed by atoms with Crippen LogP contribution in [0.15, 0.2) is 55.0 Å². The maximum atomic E-state index is 13.1. The van der Waals surface area contributed by atoms with Gasteiger partial charge in [-0.25, -0.2) is 14.2 Å².